The number of hydrogen-bond donors (Lipinski definition) is 2. The zero-order valence-electron chi connectivity index (χ0n) is 11.4. The van der Waals surface area contributed by atoms with E-state index >= 15 is 0 Å². The van der Waals surface area contributed by atoms with Crippen molar-refractivity contribution in [3.63, 3.8) is 0 Å². The highest BCUT2D eigenvalue weighted by molar-refractivity contribution is 5.88. The Morgan fingerprint density at radius 3 is 2.84 bits per heavy atom. The molecule has 2 N–H and O–H groups in total. The number of carbonyl (C=O) groups is 1. The van der Waals surface area contributed by atoms with Gasteiger partial charge in [-0.2, -0.15) is 0 Å². The summed E-state index contributed by atoms with van der Waals surface area (Å²) in [6, 6.07) is 3.12. The van der Waals surface area contributed by atoms with Crippen molar-refractivity contribution in [2.24, 2.45) is 0 Å². The van der Waals surface area contributed by atoms with Crippen LogP contribution in [0.1, 0.15) is 29.9 Å². The van der Waals surface area contributed by atoms with Crippen molar-refractivity contribution in [3.8, 4) is 0 Å². The average Bonchev–Trinajstić information content (AvgIpc) is 2.37. The van der Waals surface area contributed by atoms with E-state index in [1.54, 1.807) is 6.07 Å². The van der Waals surface area contributed by atoms with E-state index in [0.29, 0.717) is 32.0 Å². The molecular weight excluding hydrogens is 244 g/mol. The van der Waals surface area contributed by atoms with Gasteiger partial charge in [-0.3, -0.25) is 0 Å². The molecule has 0 saturated heterocycles. The van der Waals surface area contributed by atoms with E-state index in [9.17, 15) is 4.79 Å². The van der Waals surface area contributed by atoms with Gasteiger partial charge in [0.2, 0.25) is 0 Å². The number of aromatic carboxylic acids is 1. The summed E-state index contributed by atoms with van der Waals surface area (Å²) in [5.41, 5.74) is 1.97. The maximum absolute atomic E-state index is 11.0. The molecule has 0 unspecified atom stereocenters. The smallest absolute Gasteiger partial charge is 0.335 e. The first-order valence-electron chi connectivity index (χ1n) is 6.23. The van der Waals surface area contributed by atoms with Crippen molar-refractivity contribution in [1.29, 1.82) is 0 Å². The summed E-state index contributed by atoms with van der Waals surface area (Å²) in [4.78, 5) is 15.3. The molecule has 1 rings (SSSR count). The molecule has 0 amide bonds. The molecule has 1 aromatic heterocycles. The molecule has 0 spiro atoms. The number of aromatic nitrogens is 1. The lowest BCUT2D eigenvalue weighted by molar-refractivity contribution is 0.0696. The molecule has 5 nitrogen and oxygen atoms in total. The van der Waals surface area contributed by atoms with Crippen LogP contribution in [0, 0.1) is 0 Å². The molecule has 0 radical (unpaired) electrons. The van der Waals surface area contributed by atoms with Crippen molar-refractivity contribution in [2.75, 3.05) is 25.1 Å². The second-order valence-electron chi connectivity index (χ2n) is 4.33. The van der Waals surface area contributed by atoms with E-state index in [0.717, 1.165) is 11.3 Å². The zero-order valence-corrected chi connectivity index (χ0v) is 11.4. The fourth-order valence-electron chi connectivity index (χ4n) is 1.48. The third-order valence-electron chi connectivity index (χ3n) is 2.39. The minimum atomic E-state index is -0.946. The maximum Gasteiger partial charge on any atom is 0.335 e. The highest BCUT2D eigenvalue weighted by Gasteiger charge is 2.07. The number of nitrogens with zero attached hydrogens (tertiary/aromatic N) is 1. The summed E-state index contributed by atoms with van der Waals surface area (Å²) in [5, 5.41) is 12.1. The number of aryl methyl sites for hydroxylation is 1. The molecule has 0 bridgehead atoms. The van der Waals surface area contributed by atoms with Crippen LogP contribution in [-0.4, -0.2) is 35.8 Å². The first-order valence-corrected chi connectivity index (χ1v) is 6.23. The molecule has 0 saturated carbocycles. The molecule has 19 heavy (non-hydrogen) atoms. The number of anilines is 1. The van der Waals surface area contributed by atoms with Gasteiger partial charge in [-0.1, -0.05) is 19.1 Å². The summed E-state index contributed by atoms with van der Waals surface area (Å²) in [6.45, 7) is 9.21. The highest BCUT2D eigenvalue weighted by atomic mass is 16.5. The van der Waals surface area contributed by atoms with Gasteiger partial charge in [0.1, 0.15) is 5.82 Å². The van der Waals surface area contributed by atoms with E-state index < -0.39 is 5.97 Å². The van der Waals surface area contributed by atoms with E-state index in [1.807, 2.05) is 13.8 Å². The normalized spacial score (nSPS) is 10.2. The number of ether oxygens (including phenoxy) is 1. The van der Waals surface area contributed by atoms with Crippen LogP contribution in [0.15, 0.2) is 24.3 Å². The Hall–Kier alpha value is -1.88. The molecule has 104 valence electrons. The molecule has 1 heterocycles. The van der Waals surface area contributed by atoms with Crippen LogP contribution in [0.3, 0.4) is 0 Å². The third-order valence-corrected chi connectivity index (χ3v) is 2.39. The predicted molar refractivity (Wildman–Crippen MR) is 74.7 cm³/mol. The van der Waals surface area contributed by atoms with E-state index in [-0.39, 0.29) is 5.56 Å². The van der Waals surface area contributed by atoms with Crippen molar-refractivity contribution < 1.29 is 14.6 Å². The van der Waals surface area contributed by atoms with Crippen molar-refractivity contribution in [2.45, 2.75) is 20.3 Å². The second-order valence-corrected chi connectivity index (χ2v) is 4.33. The van der Waals surface area contributed by atoms with Crippen LogP contribution in [0.2, 0.25) is 0 Å². The van der Waals surface area contributed by atoms with Gasteiger partial charge in [0.15, 0.2) is 0 Å². The van der Waals surface area contributed by atoms with Crippen molar-refractivity contribution in [1.82, 2.24) is 4.98 Å². The fourth-order valence-corrected chi connectivity index (χ4v) is 1.48. The lowest BCUT2D eigenvalue weighted by Gasteiger charge is -2.09. The van der Waals surface area contributed by atoms with Gasteiger partial charge in [-0.15, -0.1) is 0 Å². The molecule has 0 fully saturated rings. The molecule has 0 aliphatic heterocycles. The maximum atomic E-state index is 11.0. The molecular formula is C14H20N2O3. The Balaban J connectivity index is 2.55. The van der Waals surface area contributed by atoms with Gasteiger partial charge in [0.25, 0.3) is 0 Å². The average molecular weight is 264 g/mol. The summed E-state index contributed by atoms with van der Waals surface area (Å²) < 4.78 is 5.34. The number of carboxylic acid groups (broad SMARTS) is 1. The lowest BCUT2D eigenvalue weighted by atomic mass is 10.2. The van der Waals surface area contributed by atoms with Crippen LogP contribution >= 0.6 is 0 Å². The van der Waals surface area contributed by atoms with Crippen LogP contribution in [-0.2, 0) is 11.2 Å². The van der Waals surface area contributed by atoms with Gasteiger partial charge < -0.3 is 15.2 Å². The largest absolute Gasteiger partial charge is 0.478 e. The van der Waals surface area contributed by atoms with E-state index in [2.05, 4.69) is 16.9 Å². The van der Waals surface area contributed by atoms with Gasteiger partial charge in [-0.25, -0.2) is 9.78 Å². The van der Waals surface area contributed by atoms with Gasteiger partial charge in [0, 0.05) is 12.2 Å². The Labute approximate surface area is 113 Å². The minimum Gasteiger partial charge on any atom is -0.478 e. The number of hydrogen-bond acceptors (Lipinski definition) is 4. The number of rotatable bonds is 8. The number of pyridine rings is 1. The molecule has 5 heteroatoms. The van der Waals surface area contributed by atoms with Crippen LogP contribution < -0.4 is 5.32 Å². The molecule has 0 aliphatic carbocycles. The summed E-state index contributed by atoms with van der Waals surface area (Å²) >= 11 is 0. The summed E-state index contributed by atoms with van der Waals surface area (Å²) in [6.07, 6.45) is 0.696. The van der Waals surface area contributed by atoms with Crippen LogP contribution in [0.5, 0.6) is 0 Å². The highest BCUT2D eigenvalue weighted by Crippen LogP contribution is 2.11. The second kappa shape index (κ2) is 7.53. The van der Waals surface area contributed by atoms with Crippen molar-refractivity contribution in [3.05, 3.63) is 35.5 Å². The van der Waals surface area contributed by atoms with Gasteiger partial charge in [0.05, 0.1) is 18.8 Å². The number of nitrogens with one attached hydrogen (secondary N) is 1. The van der Waals surface area contributed by atoms with Crippen molar-refractivity contribution >= 4 is 11.8 Å². The summed E-state index contributed by atoms with van der Waals surface area (Å²) in [5.74, 6) is -0.380. The third kappa shape index (κ3) is 5.52. The molecule has 1 aromatic rings. The Morgan fingerprint density at radius 2 is 2.26 bits per heavy atom. The summed E-state index contributed by atoms with van der Waals surface area (Å²) in [7, 11) is 0. The predicted octanol–water partition coefficient (Wildman–Crippen LogP) is 2.35. The Morgan fingerprint density at radius 1 is 1.53 bits per heavy atom. The van der Waals surface area contributed by atoms with Crippen LogP contribution in [0.4, 0.5) is 5.82 Å². The SMILES string of the molecule is C=C(C)COCCNc1cc(C(=O)O)cc(CC)n1. The fraction of sp³-hybridized carbons (Fsp3) is 0.429. The molecule has 0 aliphatic rings. The molecule has 0 atom stereocenters. The topological polar surface area (TPSA) is 71.5 Å². The number of carboxylic acids is 1. The molecule has 0 aromatic carbocycles. The first kappa shape index (κ1) is 15.2. The zero-order chi connectivity index (χ0) is 14.3. The first-order chi connectivity index (χ1) is 9.02. The Kier molecular flexibility index (Phi) is 6.02. The van der Waals surface area contributed by atoms with Gasteiger partial charge in [-0.05, 0) is 25.5 Å². The standard InChI is InChI=1S/C14H20N2O3/c1-4-12-7-11(14(17)18)8-13(16-12)15-5-6-19-9-10(2)3/h7-8H,2,4-6,9H2,1,3H3,(H,15,16)(H,17,18). The van der Waals surface area contributed by atoms with Gasteiger partial charge >= 0.3 is 5.97 Å². The van der Waals surface area contributed by atoms with E-state index in [4.69, 9.17) is 9.84 Å². The van der Waals surface area contributed by atoms with Crippen LogP contribution in [0.25, 0.3) is 0 Å². The van der Waals surface area contributed by atoms with E-state index in [1.165, 1.54) is 6.07 Å². The monoisotopic (exact) mass is 264 g/mol. The minimum absolute atomic E-state index is 0.247. The Bertz CT molecular complexity index is 458. The lowest BCUT2D eigenvalue weighted by Crippen LogP contribution is -2.12. The quantitative estimate of drug-likeness (QED) is 0.557.